The van der Waals surface area contributed by atoms with E-state index in [0.29, 0.717) is 0 Å². The van der Waals surface area contributed by atoms with Crippen molar-refractivity contribution in [3.63, 3.8) is 0 Å². The predicted octanol–water partition coefficient (Wildman–Crippen LogP) is 4.18. The molecule has 0 aliphatic carbocycles. The van der Waals surface area contributed by atoms with Gasteiger partial charge in [0.25, 0.3) is 0 Å². The summed E-state index contributed by atoms with van der Waals surface area (Å²) in [6.07, 6.45) is 1.73. The van der Waals surface area contributed by atoms with Crippen LogP contribution in [0.15, 0.2) is 49.0 Å². The molecule has 0 heterocycles. The lowest BCUT2D eigenvalue weighted by molar-refractivity contribution is 0.103. The van der Waals surface area contributed by atoms with E-state index in [4.69, 9.17) is 0 Å². The Bertz CT molecular complexity index is 609. The minimum absolute atomic E-state index is 0.0705. The Morgan fingerprint density at radius 3 is 2.33 bits per heavy atom. The van der Waals surface area contributed by atoms with Crippen LogP contribution in [0.4, 0.5) is 0 Å². The van der Waals surface area contributed by atoms with E-state index in [9.17, 15) is 4.79 Å². The highest BCUT2D eigenvalue weighted by Crippen LogP contribution is 2.21. The van der Waals surface area contributed by atoms with Gasteiger partial charge in [-0.1, -0.05) is 55.1 Å². The molecule has 0 saturated carbocycles. The van der Waals surface area contributed by atoms with Crippen LogP contribution < -0.4 is 0 Å². The molecule has 2 aromatic carbocycles. The second kappa shape index (κ2) is 5.01. The zero-order valence-electron chi connectivity index (χ0n) is 10.7. The third kappa shape index (κ3) is 2.12. The molecule has 90 valence electrons. The summed E-state index contributed by atoms with van der Waals surface area (Å²) in [5.41, 5.74) is 4.39. The summed E-state index contributed by atoms with van der Waals surface area (Å²) in [6, 6.07) is 13.5. The van der Waals surface area contributed by atoms with Crippen molar-refractivity contribution in [1.82, 2.24) is 0 Å². The Labute approximate surface area is 108 Å². The summed E-state index contributed by atoms with van der Waals surface area (Å²) in [6.45, 7) is 7.69. The van der Waals surface area contributed by atoms with Gasteiger partial charge in [0.15, 0.2) is 5.78 Å². The molecule has 0 radical (unpaired) electrons. The van der Waals surface area contributed by atoms with E-state index in [1.165, 1.54) is 0 Å². The van der Waals surface area contributed by atoms with E-state index >= 15 is 0 Å². The van der Waals surface area contributed by atoms with Crippen LogP contribution in [0.2, 0.25) is 0 Å². The van der Waals surface area contributed by atoms with Gasteiger partial charge in [0.1, 0.15) is 0 Å². The molecule has 18 heavy (non-hydrogen) atoms. The summed E-state index contributed by atoms with van der Waals surface area (Å²) in [4.78, 5) is 12.6. The number of rotatable bonds is 3. The molecule has 0 saturated heterocycles. The fourth-order valence-electron chi connectivity index (χ4n) is 2.13. The lowest BCUT2D eigenvalue weighted by Gasteiger charge is -2.10. The second-order valence-electron chi connectivity index (χ2n) is 4.39. The summed E-state index contributed by atoms with van der Waals surface area (Å²) in [5, 5.41) is 0. The zero-order chi connectivity index (χ0) is 13.1. The summed E-state index contributed by atoms with van der Waals surface area (Å²) < 4.78 is 0. The van der Waals surface area contributed by atoms with Crippen molar-refractivity contribution in [2.24, 2.45) is 0 Å². The van der Waals surface area contributed by atoms with Crippen molar-refractivity contribution in [3.05, 3.63) is 76.9 Å². The molecule has 2 rings (SSSR count). The van der Waals surface area contributed by atoms with E-state index in [1.807, 2.05) is 56.3 Å². The van der Waals surface area contributed by atoms with E-state index in [1.54, 1.807) is 6.08 Å². The molecule has 0 N–H and O–H groups in total. The number of carbonyl (C=O) groups excluding carboxylic acids is 1. The molecule has 0 amide bonds. The van der Waals surface area contributed by atoms with Gasteiger partial charge in [0.2, 0.25) is 0 Å². The normalized spacial score (nSPS) is 10.1. The highest BCUT2D eigenvalue weighted by atomic mass is 16.1. The molecular formula is C17H16O. The Hall–Kier alpha value is -2.15. The highest BCUT2D eigenvalue weighted by Gasteiger charge is 2.15. The SMILES string of the molecule is C=Cc1cccc(C)c1C(=O)c1ccccc1C. The maximum absolute atomic E-state index is 12.6. The third-order valence-electron chi connectivity index (χ3n) is 3.14. The number of carbonyl (C=O) groups is 1. The summed E-state index contributed by atoms with van der Waals surface area (Å²) in [7, 11) is 0. The van der Waals surface area contributed by atoms with E-state index < -0.39 is 0 Å². The average Bonchev–Trinajstić information content (AvgIpc) is 2.38. The fourth-order valence-corrected chi connectivity index (χ4v) is 2.13. The predicted molar refractivity (Wildman–Crippen MR) is 75.9 cm³/mol. The van der Waals surface area contributed by atoms with Crippen LogP contribution in [-0.2, 0) is 0 Å². The van der Waals surface area contributed by atoms with Gasteiger partial charge >= 0.3 is 0 Å². The van der Waals surface area contributed by atoms with Gasteiger partial charge in [-0.15, -0.1) is 0 Å². The maximum atomic E-state index is 12.6. The van der Waals surface area contributed by atoms with E-state index in [0.717, 1.165) is 27.8 Å². The maximum Gasteiger partial charge on any atom is 0.194 e. The molecule has 0 spiro atoms. The van der Waals surface area contributed by atoms with Crippen LogP contribution in [0.1, 0.15) is 32.6 Å². The van der Waals surface area contributed by atoms with Gasteiger partial charge in [0.05, 0.1) is 0 Å². The molecule has 1 nitrogen and oxygen atoms in total. The lowest BCUT2D eigenvalue weighted by atomic mass is 9.92. The van der Waals surface area contributed by atoms with E-state index in [-0.39, 0.29) is 5.78 Å². The second-order valence-corrected chi connectivity index (χ2v) is 4.39. The first-order valence-electron chi connectivity index (χ1n) is 5.97. The van der Waals surface area contributed by atoms with Crippen molar-refractivity contribution in [3.8, 4) is 0 Å². The largest absolute Gasteiger partial charge is 0.289 e. The molecule has 0 atom stereocenters. The van der Waals surface area contributed by atoms with Crippen LogP contribution in [0.25, 0.3) is 6.08 Å². The molecule has 2 aromatic rings. The topological polar surface area (TPSA) is 17.1 Å². The Morgan fingerprint density at radius 1 is 1.00 bits per heavy atom. The van der Waals surface area contributed by atoms with Crippen LogP contribution in [-0.4, -0.2) is 5.78 Å². The summed E-state index contributed by atoms with van der Waals surface area (Å²) in [5.74, 6) is 0.0705. The third-order valence-corrected chi connectivity index (χ3v) is 3.14. The van der Waals surface area contributed by atoms with Gasteiger partial charge in [-0.3, -0.25) is 4.79 Å². The van der Waals surface area contributed by atoms with Gasteiger partial charge in [-0.2, -0.15) is 0 Å². The first-order valence-corrected chi connectivity index (χ1v) is 5.97. The number of ketones is 1. The monoisotopic (exact) mass is 236 g/mol. The quantitative estimate of drug-likeness (QED) is 0.731. The number of benzene rings is 2. The van der Waals surface area contributed by atoms with Gasteiger partial charge < -0.3 is 0 Å². The van der Waals surface area contributed by atoms with Crippen LogP contribution in [0, 0.1) is 13.8 Å². The molecule has 0 aliphatic heterocycles. The van der Waals surface area contributed by atoms with Gasteiger partial charge in [-0.25, -0.2) is 0 Å². The summed E-state index contributed by atoms with van der Waals surface area (Å²) >= 11 is 0. The van der Waals surface area contributed by atoms with Crippen molar-refractivity contribution >= 4 is 11.9 Å². The Morgan fingerprint density at radius 2 is 1.67 bits per heavy atom. The molecule has 0 fully saturated rings. The van der Waals surface area contributed by atoms with Crippen LogP contribution in [0.5, 0.6) is 0 Å². The van der Waals surface area contributed by atoms with Crippen molar-refractivity contribution in [2.75, 3.05) is 0 Å². The molecule has 0 bridgehead atoms. The smallest absolute Gasteiger partial charge is 0.194 e. The highest BCUT2D eigenvalue weighted by molar-refractivity contribution is 6.12. The van der Waals surface area contributed by atoms with Crippen molar-refractivity contribution in [2.45, 2.75) is 13.8 Å². The van der Waals surface area contributed by atoms with Crippen LogP contribution >= 0.6 is 0 Å². The Kier molecular flexibility index (Phi) is 3.42. The molecule has 0 aliphatic rings. The van der Waals surface area contributed by atoms with E-state index in [2.05, 4.69) is 6.58 Å². The number of hydrogen-bond donors (Lipinski definition) is 0. The molecule has 1 heteroatoms. The molecular weight excluding hydrogens is 220 g/mol. The Balaban J connectivity index is 2.60. The molecule has 0 unspecified atom stereocenters. The fraction of sp³-hybridized carbons (Fsp3) is 0.118. The van der Waals surface area contributed by atoms with Gasteiger partial charge in [-0.05, 0) is 30.5 Å². The average molecular weight is 236 g/mol. The number of aryl methyl sites for hydroxylation is 2. The number of hydrogen-bond acceptors (Lipinski definition) is 1. The molecule has 0 aromatic heterocycles. The van der Waals surface area contributed by atoms with Crippen molar-refractivity contribution in [1.29, 1.82) is 0 Å². The zero-order valence-corrected chi connectivity index (χ0v) is 10.7. The first kappa shape index (κ1) is 12.3. The van der Waals surface area contributed by atoms with Gasteiger partial charge in [0, 0.05) is 11.1 Å². The van der Waals surface area contributed by atoms with Crippen molar-refractivity contribution < 1.29 is 4.79 Å². The minimum atomic E-state index is 0.0705. The first-order chi connectivity index (χ1) is 8.65. The minimum Gasteiger partial charge on any atom is -0.289 e. The van der Waals surface area contributed by atoms with Crippen LogP contribution in [0.3, 0.4) is 0 Å². The lowest BCUT2D eigenvalue weighted by Crippen LogP contribution is -2.07. The standard InChI is InChI=1S/C17H16O/c1-4-14-10-7-9-13(3)16(14)17(18)15-11-6-5-8-12(15)2/h4-11H,1H2,2-3H3.